The van der Waals surface area contributed by atoms with Crippen LogP contribution < -0.4 is 4.90 Å². The van der Waals surface area contributed by atoms with Gasteiger partial charge in [-0.2, -0.15) is 5.10 Å². The van der Waals surface area contributed by atoms with E-state index in [1.807, 2.05) is 18.1 Å². The number of nitrogens with zero attached hydrogens (tertiary/aromatic N) is 6. The van der Waals surface area contributed by atoms with Gasteiger partial charge >= 0.3 is 0 Å². The Kier molecular flexibility index (Phi) is 4.05. The Morgan fingerprint density at radius 3 is 2.67 bits per heavy atom. The van der Waals surface area contributed by atoms with Crippen LogP contribution in [0, 0.1) is 5.92 Å². The van der Waals surface area contributed by atoms with Crippen molar-refractivity contribution in [2.45, 2.75) is 12.8 Å². The van der Waals surface area contributed by atoms with E-state index in [0.29, 0.717) is 13.2 Å². The molecule has 0 N–H and O–H groups in total. The first-order chi connectivity index (χ1) is 11.7. The molecule has 8 heteroatoms. The van der Waals surface area contributed by atoms with Crippen LogP contribution in [0.1, 0.15) is 12.8 Å². The number of fused-ring (bicyclic) bond motifs is 1. The van der Waals surface area contributed by atoms with Crippen molar-refractivity contribution in [3.05, 3.63) is 12.5 Å². The smallest absolute Gasteiger partial charge is 0.225 e. The number of rotatable bonds is 2. The maximum absolute atomic E-state index is 12.6. The molecule has 0 saturated carbocycles. The first-order valence-electron chi connectivity index (χ1n) is 8.48. The minimum absolute atomic E-state index is 0.116. The Morgan fingerprint density at radius 1 is 1.17 bits per heavy atom. The van der Waals surface area contributed by atoms with E-state index in [2.05, 4.69) is 20.0 Å². The number of aryl methyl sites for hydroxylation is 1. The summed E-state index contributed by atoms with van der Waals surface area (Å²) in [4.78, 5) is 25.6. The SMILES string of the molecule is Cn1ncc2c(N3CCC(C(=O)N4CCOCC4)CC3)ncnc21. The van der Waals surface area contributed by atoms with Gasteiger partial charge in [0.25, 0.3) is 0 Å². The molecule has 0 unspecified atom stereocenters. The predicted molar refractivity (Wildman–Crippen MR) is 88.6 cm³/mol. The molecule has 0 atom stereocenters. The summed E-state index contributed by atoms with van der Waals surface area (Å²) in [6.45, 7) is 4.43. The van der Waals surface area contributed by atoms with Crippen molar-refractivity contribution in [3.63, 3.8) is 0 Å². The number of amides is 1. The summed E-state index contributed by atoms with van der Waals surface area (Å²) >= 11 is 0. The summed E-state index contributed by atoms with van der Waals surface area (Å²) in [5.74, 6) is 1.32. The first kappa shape index (κ1) is 15.3. The summed E-state index contributed by atoms with van der Waals surface area (Å²) in [5, 5.41) is 5.24. The number of ether oxygens (including phenoxy) is 1. The molecule has 2 fully saturated rings. The Morgan fingerprint density at radius 2 is 1.92 bits per heavy atom. The second kappa shape index (κ2) is 6.35. The van der Waals surface area contributed by atoms with Crippen molar-refractivity contribution in [1.82, 2.24) is 24.6 Å². The summed E-state index contributed by atoms with van der Waals surface area (Å²) in [6, 6.07) is 0. The zero-order valence-electron chi connectivity index (χ0n) is 13.9. The van der Waals surface area contributed by atoms with Crippen molar-refractivity contribution in [2.75, 3.05) is 44.3 Å². The van der Waals surface area contributed by atoms with Gasteiger partial charge in [-0.1, -0.05) is 0 Å². The van der Waals surface area contributed by atoms with E-state index in [4.69, 9.17) is 4.74 Å². The molecule has 4 heterocycles. The number of hydrogen-bond donors (Lipinski definition) is 0. The van der Waals surface area contributed by atoms with Crippen LogP contribution in [0.5, 0.6) is 0 Å². The third-order valence-electron chi connectivity index (χ3n) is 4.97. The van der Waals surface area contributed by atoms with E-state index < -0.39 is 0 Å². The molecule has 1 amide bonds. The van der Waals surface area contributed by atoms with Gasteiger partial charge in [0.1, 0.15) is 12.1 Å². The number of morpholine rings is 1. The molecule has 0 radical (unpaired) electrons. The van der Waals surface area contributed by atoms with Crippen LogP contribution in [0.15, 0.2) is 12.5 Å². The summed E-state index contributed by atoms with van der Waals surface area (Å²) < 4.78 is 7.09. The lowest BCUT2D eigenvalue weighted by molar-refractivity contribution is -0.140. The average Bonchev–Trinajstić information content (AvgIpc) is 3.03. The van der Waals surface area contributed by atoms with Crippen molar-refractivity contribution in [1.29, 1.82) is 0 Å². The average molecular weight is 330 g/mol. The molecule has 24 heavy (non-hydrogen) atoms. The molecule has 0 aromatic carbocycles. The molecule has 2 aliphatic heterocycles. The van der Waals surface area contributed by atoms with Gasteiger partial charge in [0.2, 0.25) is 5.91 Å². The zero-order valence-corrected chi connectivity index (χ0v) is 13.9. The molecule has 2 aliphatic rings. The van der Waals surface area contributed by atoms with Gasteiger partial charge in [-0.15, -0.1) is 0 Å². The second-order valence-electron chi connectivity index (χ2n) is 6.40. The van der Waals surface area contributed by atoms with Gasteiger partial charge in [0, 0.05) is 39.1 Å². The van der Waals surface area contributed by atoms with Gasteiger partial charge < -0.3 is 14.5 Å². The summed E-state index contributed by atoms with van der Waals surface area (Å²) in [7, 11) is 1.88. The Hall–Kier alpha value is -2.22. The highest BCUT2D eigenvalue weighted by atomic mass is 16.5. The van der Waals surface area contributed by atoms with Gasteiger partial charge in [0.15, 0.2) is 5.65 Å². The lowest BCUT2D eigenvalue weighted by Crippen LogP contribution is -2.47. The number of hydrogen-bond acceptors (Lipinski definition) is 6. The van der Waals surface area contributed by atoms with Crippen LogP contribution >= 0.6 is 0 Å². The van der Waals surface area contributed by atoms with Gasteiger partial charge in [-0.05, 0) is 12.8 Å². The van der Waals surface area contributed by atoms with E-state index in [1.54, 1.807) is 11.0 Å². The molecule has 2 aromatic rings. The molecule has 2 saturated heterocycles. The highest BCUT2D eigenvalue weighted by molar-refractivity contribution is 5.87. The fourth-order valence-corrected chi connectivity index (χ4v) is 3.58. The summed E-state index contributed by atoms with van der Waals surface area (Å²) in [6.07, 6.45) is 5.13. The minimum atomic E-state index is 0.116. The first-order valence-corrected chi connectivity index (χ1v) is 8.48. The lowest BCUT2D eigenvalue weighted by atomic mass is 9.95. The second-order valence-corrected chi connectivity index (χ2v) is 6.40. The molecule has 0 bridgehead atoms. The number of aromatic nitrogens is 4. The lowest BCUT2D eigenvalue weighted by Gasteiger charge is -2.36. The number of piperidine rings is 1. The van der Waals surface area contributed by atoms with E-state index in [9.17, 15) is 4.79 Å². The standard InChI is InChI=1S/C16H22N6O2/c1-20-14-13(10-19-20)15(18-11-17-14)21-4-2-12(3-5-21)16(23)22-6-8-24-9-7-22/h10-12H,2-9H2,1H3. The van der Waals surface area contributed by atoms with Crippen molar-refractivity contribution in [2.24, 2.45) is 13.0 Å². The van der Waals surface area contributed by atoms with Crippen LogP contribution in [0.4, 0.5) is 5.82 Å². The van der Waals surface area contributed by atoms with Crippen LogP contribution in [0.2, 0.25) is 0 Å². The van der Waals surface area contributed by atoms with E-state index in [0.717, 1.165) is 55.9 Å². The van der Waals surface area contributed by atoms with E-state index in [1.165, 1.54) is 0 Å². The number of carbonyl (C=O) groups excluding carboxylic acids is 1. The molecular weight excluding hydrogens is 308 g/mol. The van der Waals surface area contributed by atoms with Crippen LogP contribution in [0.3, 0.4) is 0 Å². The van der Waals surface area contributed by atoms with Crippen LogP contribution in [-0.4, -0.2) is 69.9 Å². The van der Waals surface area contributed by atoms with Gasteiger partial charge in [-0.3, -0.25) is 9.48 Å². The zero-order chi connectivity index (χ0) is 16.5. The quantitative estimate of drug-likeness (QED) is 0.795. The van der Waals surface area contributed by atoms with Crippen LogP contribution in [-0.2, 0) is 16.6 Å². The minimum Gasteiger partial charge on any atom is -0.378 e. The molecule has 128 valence electrons. The largest absolute Gasteiger partial charge is 0.378 e. The monoisotopic (exact) mass is 330 g/mol. The molecular formula is C16H22N6O2. The molecule has 0 aliphatic carbocycles. The van der Waals surface area contributed by atoms with Gasteiger partial charge in [-0.25, -0.2) is 9.97 Å². The predicted octanol–water partition coefficient (Wildman–Crippen LogP) is 0.439. The normalized spacial score (nSPS) is 19.9. The Balaban J connectivity index is 1.44. The molecule has 4 rings (SSSR count). The van der Waals surface area contributed by atoms with Crippen molar-refractivity contribution >= 4 is 22.8 Å². The maximum atomic E-state index is 12.6. The van der Waals surface area contributed by atoms with Gasteiger partial charge in [0.05, 0.1) is 24.8 Å². The number of anilines is 1. The highest BCUT2D eigenvalue weighted by Crippen LogP contribution is 2.28. The summed E-state index contributed by atoms with van der Waals surface area (Å²) in [5.41, 5.74) is 0.839. The Bertz CT molecular complexity index is 731. The van der Waals surface area contributed by atoms with Crippen LogP contribution in [0.25, 0.3) is 11.0 Å². The fraction of sp³-hybridized carbons (Fsp3) is 0.625. The molecule has 2 aromatic heterocycles. The Labute approximate surface area is 140 Å². The topological polar surface area (TPSA) is 76.4 Å². The molecule has 0 spiro atoms. The molecule has 8 nitrogen and oxygen atoms in total. The van der Waals surface area contributed by atoms with Crippen molar-refractivity contribution < 1.29 is 9.53 Å². The van der Waals surface area contributed by atoms with Crippen molar-refractivity contribution in [3.8, 4) is 0 Å². The maximum Gasteiger partial charge on any atom is 0.225 e. The highest BCUT2D eigenvalue weighted by Gasteiger charge is 2.30. The third kappa shape index (κ3) is 2.71. The van der Waals surface area contributed by atoms with E-state index >= 15 is 0 Å². The van der Waals surface area contributed by atoms with E-state index in [-0.39, 0.29) is 11.8 Å². The number of carbonyl (C=O) groups is 1. The fourth-order valence-electron chi connectivity index (χ4n) is 3.58. The third-order valence-corrected chi connectivity index (χ3v) is 4.97.